The average molecular weight is 275 g/mol. The van der Waals surface area contributed by atoms with E-state index in [1.54, 1.807) is 12.1 Å². The van der Waals surface area contributed by atoms with E-state index in [1.807, 2.05) is 6.07 Å². The van der Waals surface area contributed by atoms with Gasteiger partial charge in [0.25, 0.3) is 0 Å². The van der Waals surface area contributed by atoms with Crippen LogP contribution in [0.2, 0.25) is 10.0 Å². The van der Waals surface area contributed by atoms with Crippen LogP contribution in [-0.2, 0) is 0 Å². The Morgan fingerprint density at radius 2 is 2.00 bits per heavy atom. The van der Waals surface area contributed by atoms with Crippen LogP contribution in [0.4, 0.5) is 0 Å². The fourth-order valence-corrected chi connectivity index (χ4v) is 2.60. The van der Waals surface area contributed by atoms with Crippen molar-refractivity contribution in [3.05, 3.63) is 33.8 Å². The van der Waals surface area contributed by atoms with Gasteiger partial charge in [-0.3, -0.25) is 4.90 Å². The smallest absolute Gasteiger partial charge is 0.0629 e. The molecule has 17 heavy (non-hydrogen) atoms. The van der Waals surface area contributed by atoms with Gasteiger partial charge in [-0.25, -0.2) is 0 Å². The zero-order chi connectivity index (χ0) is 12.3. The number of piperazine rings is 1. The SMILES string of the molecule is OCC(c1cc(Cl)ccc1Cl)N1CCNCC1. The van der Waals surface area contributed by atoms with Crippen molar-refractivity contribution in [1.29, 1.82) is 0 Å². The fourth-order valence-electron chi connectivity index (χ4n) is 2.17. The molecule has 1 atom stereocenters. The second kappa shape index (κ2) is 6.03. The number of aliphatic hydroxyl groups is 1. The van der Waals surface area contributed by atoms with Gasteiger partial charge in [-0.05, 0) is 23.8 Å². The highest BCUT2D eigenvalue weighted by atomic mass is 35.5. The van der Waals surface area contributed by atoms with Gasteiger partial charge in [0.15, 0.2) is 0 Å². The highest BCUT2D eigenvalue weighted by Gasteiger charge is 2.23. The number of hydrogen-bond donors (Lipinski definition) is 2. The molecule has 0 spiro atoms. The Kier molecular flexibility index (Phi) is 4.65. The first-order chi connectivity index (χ1) is 8.22. The number of aliphatic hydroxyl groups excluding tert-OH is 1. The molecule has 0 aromatic heterocycles. The van der Waals surface area contributed by atoms with Crippen molar-refractivity contribution < 1.29 is 5.11 Å². The van der Waals surface area contributed by atoms with E-state index in [2.05, 4.69) is 10.2 Å². The van der Waals surface area contributed by atoms with Crippen LogP contribution in [0.5, 0.6) is 0 Å². The fraction of sp³-hybridized carbons (Fsp3) is 0.500. The second-order valence-corrected chi connectivity index (χ2v) is 4.99. The van der Waals surface area contributed by atoms with Crippen molar-refractivity contribution in [1.82, 2.24) is 10.2 Å². The molecule has 94 valence electrons. The molecule has 1 saturated heterocycles. The third kappa shape index (κ3) is 3.12. The molecule has 1 aliphatic heterocycles. The number of halogens is 2. The molecule has 2 N–H and O–H groups in total. The van der Waals surface area contributed by atoms with E-state index >= 15 is 0 Å². The number of benzene rings is 1. The normalized spacial score (nSPS) is 19.2. The van der Waals surface area contributed by atoms with Crippen molar-refractivity contribution in [2.45, 2.75) is 6.04 Å². The predicted molar refractivity (Wildman–Crippen MR) is 70.7 cm³/mol. The standard InChI is InChI=1S/C12H16Cl2N2O/c13-9-1-2-11(14)10(7-9)12(8-17)16-5-3-15-4-6-16/h1-2,7,12,15,17H,3-6,8H2. The molecule has 0 amide bonds. The molecule has 1 aliphatic rings. The van der Waals surface area contributed by atoms with Gasteiger partial charge in [-0.15, -0.1) is 0 Å². The maximum absolute atomic E-state index is 9.58. The summed E-state index contributed by atoms with van der Waals surface area (Å²) in [7, 11) is 0. The lowest BCUT2D eigenvalue weighted by molar-refractivity contribution is 0.111. The first-order valence-electron chi connectivity index (χ1n) is 5.73. The molecule has 0 aliphatic carbocycles. The summed E-state index contributed by atoms with van der Waals surface area (Å²) in [6, 6.07) is 5.32. The number of rotatable bonds is 3. The van der Waals surface area contributed by atoms with Crippen molar-refractivity contribution in [3.8, 4) is 0 Å². The highest BCUT2D eigenvalue weighted by molar-refractivity contribution is 6.33. The number of nitrogens with one attached hydrogen (secondary N) is 1. The van der Waals surface area contributed by atoms with Crippen LogP contribution in [0, 0.1) is 0 Å². The van der Waals surface area contributed by atoms with Gasteiger partial charge in [0.1, 0.15) is 0 Å². The summed E-state index contributed by atoms with van der Waals surface area (Å²) >= 11 is 12.2. The minimum absolute atomic E-state index is 0.0556. The number of nitrogens with zero attached hydrogens (tertiary/aromatic N) is 1. The lowest BCUT2D eigenvalue weighted by Crippen LogP contribution is -2.46. The molecular weight excluding hydrogens is 259 g/mol. The van der Waals surface area contributed by atoms with Crippen molar-refractivity contribution in [2.24, 2.45) is 0 Å². The quantitative estimate of drug-likeness (QED) is 0.884. The predicted octanol–water partition coefficient (Wildman–Crippen LogP) is 1.93. The van der Waals surface area contributed by atoms with Gasteiger partial charge >= 0.3 is 0 Å². The van der Waals surface area contributed by atoms with Crippen molar-refractivity contribution >= 4 is 23.2 Å². The third-order valence-corrected chi connectivity index (χ3v) is 3.66. The molecule has 2 rings (SSSR count). The molecule has 0 radical (unpaired) electrons. The van der Waals surface area contributed by atoms with E-state index in [-0.39, 0.29) is 12.6 Å². The van der Waals surface area contributed by atoms with Gasteiger partial charge in [-0.2, -0.15) is 0 Å². The topological polar surface area (TPSA) is 35.5 Å². The van der Waals surface area contributed by atoms with Crippen LogP contribution in [0.1, 0.15) is 11.6 Å². The van der Waals surface area contributed by atoms with E-state index in [0.29, 0.717) is 10.0 Å². The highest BCUT2D eigenvalue weighted by Crippen LogP contribution is 2.30. The molecule has 1 unspecified atom stereocenters. The van der Waals surface area contributed by atoms with Gasteiger partial charge in [-0.1, -0.05) is 23.2 Å². The van der Waals surface area contributed by atoms with E-state index < -0.39 is 0 Å². The Balaban J connectivity index is 2.24. The Hall–Kier alpha value is -0.320. The molecule has 0 bridgehead atoms. The minimum Gasteiger partial charge on any atom is -0.394 e. The molecule has 1 fully saturated rings. The molecular formula is C12H16Cl2N2O. The lowest BCUT2D eigenvalue weighted by Gasteiger charge is -2.34. The Labute approximate surface area is 111 Å². The van der Waals surface area contributed by atoms with Crippen LogP contribution in [0.15, 0.2) is 18.2 Å². The van der Waals surface area contributed by atoms with Gasteiger partial charge in [0.05, 0.1) is 12.6 Å². The molecule has 3 nitrogen and oxygen atoms in total. The van der Waals surface area contributed by atoms with Crippen LogP contribution in [0.25, 0.3) is 0 Å². The number of hydrogen-bond acceptors (Lipinski definition) is 3. The first kappa shape index (κ1) is 13.1. The van der Waals surface area contributed by atoms with E-state index in [4.69, 9.17) is 23.2 Å². The van der Waals surface area contributed by atoms with Gasteiger partial charge in [0, 0.05) is 36.2 Å². The first-order valence-corrected chi connectivity index (χ1v) is 6.48. The van der Waals surface area contributed by atoms with Gasteiger partial charge < -0.3 is 10.4 Å². The Bertz CT molecular complexity index is 381. The lowest BCUT2D eigenvalue weighted by atomic mass is 10.1. The van der Waals surface area contributed by atoms with Crippen LogP contribution in [-0.4, -0.2) is 42.8 Å². The van der Waals surface area contributed by atoms with Crippen LogP contribution < -0.4 is 5.32 Å². The average Bonchev–Trinajstić information content (AvgIpc) is 2.36. The van der Waals surface area contributed by atoms with E-state index in [0.717, 1.165) is 31.7 Å². The summed E-state index contributed by atoms with van der Waals surface area (Å²) in [5.74, 6) is 0. The summed E-state index contributed by atoms with van der Waals surface area (Å²) in [4.78, 5) is 2.23. The molecule has 5 heteroatoms. The van der Waals surface area contributed by atoms with Crippen molar-refractivity contribution in [2.75, 3.05) is 32.8 Å². The maximum atomic E-state index is 9.58. The summed E-state index contributed by atoms with van der Waals surface area (Å²) in [6.45, 7) is 3.76. The Morgan fingerprint density at radius 1 is 1.29 bits per heavy atom. The maximum Gasteiger partial charge on any atom is 0.0629 e. The summed E-state index contributed by atoms with van der Waals surface area (Å²) in [5.41, 5.74) is 0.906. The second-order valence-electron chi connectivity index (χ2n) is 4.15. The third-order valence-electron chi connectivity index (χ3n) is 3.08. The van der Waals surface area contributed by atoms with Crippen molar-refractivity contribution in [3.63, 3.8) is 0 Å². The molecule has 1 heterocycles. The Morgan fingerprint density at radius 3 is 2.65 bits per heavy atom. The minimum atomic E-state index is -0.0664. The zero-order valence-corrected chi connectivity index (χ0v) is 11.0. The largest absolute Gasteiger partial charge is 0.394 e. The zero-order valence-electron chi connectivity index (χ0n) is 9.50. The summed E-state index contributed by atoms with van der Waals surface area (Å²) in [6.07, 6.45) is 0. The van der Waals surface area contributed by atoms with Gasteiger partial charge in [0.2, 0.25) is 0 Å². The molecule has 1 aromatic carbocycles. The van der Waals surface area contributed by atoms with Crippen LogP contribution >= 0.6 is 23.2 Å². The summed E-state index contributed by atoms with van der Waals surface area (Å²) in [5, 5.41) is 14.2. The van der Waals surface area contributed by atoms with E-state index in [1.165, 1.54) is 0 Å². The van der Waals surface area contributed by atoms with Crippen LogP contribution in [0.3, 0.4) is 0 Å². The monoisotopic (exact) mass is 274 g/mol. The molecule has 0 saturated carbocycles. The summed E-state index contributed by atoms with van der Waals surface area (Å²) < 4.78 is 0. The van der Waals surface area contributed by atoms with E-state index in [9.17, 15) is 5.11 Å². The molecule has 1 aromatic rings.